The van der Waals surface area contributed by atoms with Crippen LogP contribution in [0.3, 0.4) is 0 Å². The molecule has 0 unspecified atom stereocenters. The van der Waals surface area contributed by atoms with E-state index in [4.69, 9.17) is 0 Å². The van der Waals surface area contributed by atoms with Gasteiger partial charge in [-0.1, -0.05) is 48.5 Å². The molecule has 4 nitrogen and oxygen atoms in total. The lowest BCUT2D eigenvalue weighted by molar-refractivity contribution is 0.927. The van der Waals surface area contributed by atoms with Crippen LogP contribution in [-0.2, 0) is 6.42 Å². The van der Waals surface area contributed by atoms with Crippen LogP contribution in [0, 0.1) is 0 Å². The fourth-order valence-electron chi connectivity index (χ4n) is 2.88. The summed E-state index contributed by atoms with van der Waals surface area (Å²) in [6.45, 7) is 0. The number of fused-ring (bicyclic) bond motifs is 3. The number of nitrogens with one attached hydrogen (secondary N) is 1. The van der Waals surface area contributed by atoms with Crippen LogP contribution in [0.4, 0.5) is 0 Å². The highest BCUT2D eigenvalue weighted by Gasteiger charge is 2.14. The Kier molecular flexibility index (Phi) is 2.60. The van der Waals surface area contributed by atoms with Gasteiger partial charge in [0, 0.05) is 11.8 Å². The molecule has 0 radical (unpaired) electrons. The number of rotatable bonds is 2. The summed E-state index contributed by atoms with van der Waals surface area (Å²) < 4.78 is 1.87. The minimum atomic E-state index is -0.153. The normalized spacial score (nSPS) is 11.2. The van der Waals surface area contributed by atoms with E-state index in [9.17, 15) is 4.79 Å². The molecule has 2 aromatic heterocycles. The van der Waals surface area contributed by atoms with Gasteiger partial charge in [0.1, 0.15) is 11.8 Å². The van der Waals surface area contributed by atoms with E-state index in [0.29, 0.717) is 5.52 Å². The van der Waals surface area contributed by atoms with Gasteiger partial charge in [-0.2, -0.15) is 5.10 Å². The molecule has 0 atom stereocenters. The Labute approximate surface area is 120 Å². The zero-order valence-corrected chi connectivity index (χ0v) is 11.3. The van der Waals surface area contributed by atoms with Crippen LogP contribution < -0.4 is 5.56 Å². The monoisotopic (exact) mass is 275 g/mol. The zero-order chi connectivity index (χ0) is 14.2. The minimum absolute atomic E-state index is 0.153. The van der Waals surface area contributed by atoms with Crippen LogP contribution in [0.1, 0.15) is 11.1 Å². The first kappa shape index (κ1) is 11.9. The van der Waals surface area contributed by atoms with E-state index in [-0.39, 0.29) is 5.56 Å². The lowest BCUT2D eigenvalue weighted by Gasteiger charge is -2.01. The maximum atomic E-state index is 12.2. The number of aromatic nitrogens is 3. The fourth-order valence-corrected chi connectivity index (χ4v) is 2.88. The quantitative estimate of drug-likeness (QED) is 0.611. The Morgan fingerprint density at radius 2 is 1.76 bits per heavy atom. The summed E-state index contributed by atoms with van der Waals surface area (Å²) in [6.07, 6.45) is 2.39. The average molecular weight is 275 g/mol. The van der Waals surface area contributed by atoms with Gasteiger partial charge in [-0.15, -0.1) is 0 Å². The van der Waals surface area contributed by atoms with E-state index in [0.717, 1.165) is 22.9 Å². The van der Waals surface area contributed by atoms with Crippen LogP contribution >= 0.6 is 0 Å². The maximum absolute atomic E-state index is 12.2. The Morgan fingerprint density at radius 3 is 2.62 bits per heavy atom. The second-order valence-corrected chi connectivity index (χ2v) is 5.06. The first-order chi connectivity index (χ1) is 10.3. The van der Waals surface area contributed by atoms with E-state index in [1.165, 1.54) is 5.56 Å². The molecule has 0 aliphatic rings. The molecule has 4 heteroatoms. The number of aromatic amines is 1. The van der Waals surface area contributed by atoms with Crippen molar-refractivity contribution >= 4 is 16.4 Å². The molecule has 21 heavy (non-hydrogen) atoms. The van der Waals surface area contributed by atoms with Gasteiger partial charge in [-0.3, -0.25) is 9.20 Å². The van der Waals surface area contributed by atoms with Crippen LogP contribution in [0.25, 0.3) is 16.4 Å². The van der Waals surface area contributed by atoms with Gasteiger partial charge < -0.3 is 0 Å². The number of para-hydroxylation sites is 1. The minimum Gasteiger partial charge on any atom is -0.294 e. The van der Waals surface area contributed by atoms with Crippen LogP contribution in [0.5, 0.6) is 0 Å². The summed E-state index contributed by atoms with van der Waals surface area (Å²) in [5.41, 5.74) is 3.76. The Hall–Kier alpha value is -2.88. The molecule has 0 amide bonds. The predicted molar refractivity (Wildman–Crippen MR) is 82.6 cm³/mol. The van der Waals surface area contributed by atoms with Gasteiger partial charge in [0.25, 0.3) is 5.56 Å². The molecule has 102 valence electrons. The highest BCUT2D eigenvalue weighted by Crippen LogP contribution is 2.26. The molecule has 0 fully saturated rings. The Morgan fingerprint density at radius 1 is 1.00 bits per heavy atom. The van der Waals surface area contributed by atoms with Crippen molar-refractivity contribution in [1.82, 2.24) is 14.6 Å². The number of benzene rings is 2. The molecule has 0 spiro atoms. The molecule has 1 N–H and O–H groups in total. The summed E-state index contributed by atoms with van der Waals surface area (Å²) in [5.74, 6) is 0. The predicted octanol–water partition coefficient (Wildman–Crippen LogP) is 2.77. The molecule has 0 aliphatic carbocycles. The summed E-state index contributed by atoms with van der Waals surface area (Å²) in [7, 11) is 0. The van der Waals surface area contributed by atoms with E-state index in [1.54, 1.807) is 6.33 Å². The molecule has 2 aromatic carbocycles. The van der Waals surface area contributed by atoms with Crippen molar-refractivity contribution in [2.75, 3.05) is 0 Å². The summed E-state index contributed by atoms with van der Waals surface area (Å²) in [6, 6.07) is 18.2. The van der Waals surface area contributed by atoms with Crippen LogP contribution in [-0.4, -0.2) is 14.6 Å². The van der Waals surface area contributed by atoms with Gasteiger partial charge in [0.05, 0.1) is 5.52 Å². The van der Waals surface area contributed by atoms with Gasteiger partial charge in [0.15, 0.2) is 0 Å². The Bertz CT molecular complexity index is 983. The van der Waals surface area contributed by atoms with Gasteiger partial charge in [0.2, 0.25) is 0 Å². The van der Waals surface area contributed by atoms with Gasteiger partial charge in [-0.25, -0.2) is 5.10 Å². The molecule has 4 aromatic rings. The number of hydrogen-bond donors (Lipinski definition) is 1. The third-order valence-corrected chi connectivity index (χ3v) is 3.79. The fraction of sp³-hybridized carbons (Fsp3) is 0.0588. The molecule has 0 aliphatic heterocycles. The topological polar surface area (TPSA) is 50.2 Å². The smallest absolute Gasteiger partial charge is 0.288 e. The maximum Gasteiger partial charge on any atom is 0.288 e. The number of H-pyrrole nitrogens is 1. The third kappa shape index (κ3) is 1.84. The van der Waals surface area contributed by atoms with E-state index >= 15 is 0 Å². The van der Waals surface area contributed by atoms with Crippen molar-refractivity contribution in [2.24, 2.45) is 0 Å². The van der Waals surface area contributed by atoms with Gasteiger partial charge in [-0.05, 0) is 17.2 Å². The summed E-state index contributed by atoms with van der Waals surface area (Å²) in [5, 5.41) is 7.54. The van der Waals surface area contributed by atoms with Crippen molar-refractivity contribution in [3.8, 4) is 0 Å². The highest BCUT2D eigenvalue weighted by molar-refractivity contribution is 5.92. The lowest BCUT2D eigenvalue weighted by atomic mass is 10.0. The van der Waals surface area contributed by atoms with Gasteiger partial charge >= 0.3 is 0 Å². The first-order valence-corrected chi connectivity index (χ1v) is 6.84. The third-order valence-electron chi connectivity index (χ3n) is 3.79. The van der Waals surface area contributed by atoms with Crippen molar-refractivity contribution in [3.05, 3.63) is 82.4 Å². The number of hydrogen-bond acceptors (Lipinski definition) is 2. The largest absolute Gasteiger partial charge is 0.294 e. The molecular weight excluding hydrogens is 262 g/mol. The first-order valence-electron chi connectivity index (χ1n) is 6.84. The summed E-state index contributed by atoms with van der Waals surface area (Å²) in [4.78, 5) is 12.2. The molecular formula is C17H13N3O. The van der Waals surface area contributed by atoms with E-state index in [2.05, 4.69) is 28.4 Å². The molecule has 0 saturated heterocycles. The van der Waals surface area contributed by atoms with Crippen molar-refractivity contribution in [1.29, 1.82) is 0 Å². The molecule has 0 bridgehead atoms. The van der Waals surface area contributed by atoms with Crippen molar-refractivity contribution < 1.29 is 0 Å². The van der Waals surface area contributed by atoms with Crippen LogP contribution in [0.2, 0.25) is 0 Å². The second kappa shape index (κ2) is 4.59. The molecule has 4 rings (SSSR count). The van der Waals surface area contributed by atoms with E-state index < -0.39 is 0 Å². The zero-order valence-electron chi connectivity index (χ0n) is 11.3. The SMILES string of the molecule is O=c1[nH]ncn2c1c(Cc1ccccc1)c1ccccc12. The van der Waals surface area contributed by atoms with E-state index in [1.807, 2.05) is 40.8 Å². The Balaban J connectivity index is 2.07. The second-order valence-electron chi connectivity index (χ2n) is 5.06. The van der Waals surface area contributed by atoms with Crippen molar-refractivity contribution in [3.63, 3.8) is 0 Å². The highest BCUT2D eigenvalue weighted by atomic mass is 16.1. The average Bonchev–Trinajstić information content (AvgIpc) is 2.84. The standard InChI is InChI=1S/C17H13N3O/c21-17-16-14(10-12-6-2-1-3-7-12)13-8-4-5-9-15(13)20(16)11-18-19-17/h1-9,11H,10H2,(H,19,21). The molecule has 2 heterocycles. The number of nitrogens with zero attached hydrogens (tertiary/aromatic N) is 2. The summed E-state index contributed by atoms with van der Waals surface area (Å²) >= 11 is 0. The lowest BCUT2D eigenvalue weighted by Crippen LogP contribution is -2.12. The van der Waals surface area contributed by atoms with Crippen LogP contribution in [0.15, 0.2) is 65.7 Å². The molecule has 0 saturated carbocycles. The van der Waals surface area contributed by atoms with Crippen molar-refractivity contribution in [2.45, 2.75) is 6.42 Å².